The first-order chi connectivity index (χ1) is 18.3. The second-order valence-corrected chi connectivity index (χ2v) is 11.0. The van der Waals surface area contributed by atoms with Gasteiger partial charge in [0.25, 0.3) is 5.91 Å². The van der Waals surface area contributed by atoms with Crippen LogP contribution in [0.1, 0.15) is 83.8 Å². The van der Waals surface area contributed by atoms with Crippen molar-refractivity contribution in [2.75, 3.05) is 13.1 Å². The van der Waals surface area contributed by atoms with Crippen LogP contribution >= 0.6 is 23.2 Å². The van der Waals surface area contributed by atoms with Crippen LogP contribution < -0.4 is 0 Å². The fourth-order valence-corrected chi connectivity index (χ4v) is 6.15. The number of alkyl halides is 4. The van der Waals surface area contributed by atoms with E-state index in [2.05, 4.69) is 5.10 Å². The van der Waals surface area contributed by atoms with Crippen molar-refractivity contribution < 1.29 is 37.1 Å². The van der Waals surface area contributed by atoms with Crippen LogP contribution in [0, 0.1) is 5.92 Å². The molecule has 0 radical (unpaired) electrons. The average molecular weight is 592 g/mol. The third-order valence-electron chi connectivity index (χ3n) is 7.52. The molecular formula is C26H27Cl2F4N3O4. The summed E-state index contributed by atoms with van der Waals surface area (Å²) in [4.78, 5) is 38.8. The van der Waals surface area contributed by atoms with Crippen LogP contribution in [-0.2, 0) is 11.0 Å². The highest BCUT2D eigenvalue weighted by molar-refractivity contribution is 6.40. The van der Waals surface area contributed by atoms with Crippen molar-refractivity contribution in [1.82, 2.24) is 14.7 Å². The zero-order valence-electron chi connectivity index (χ0n) is 20.8. The van der Waals surface area contributed by atoms with Gasteiger partial charge < -0.3 is 10.0 Å². The average Bonchev–Trinajstić information content (AvgIpc) is 3.50. The van der Waals surface area contributed by atoms with Gasteiger partial charge in [-0.15, -0.1) is 0 Å². The zero-order chi connectivity index (χ0) is 28.5. The van der Waals surface area contributed by atoms with E-state index in [9.17, 15) is 32.7 Å². The van der Waals surface area contributed by atoms with Crippen molar-refractivity contribution in [3.8, 4) is 0 Å². The van der Waals surface area contributed by atoms with Crippen LogP contribution in [0.15, 0.2) is 24.4 Å². The molecule has 0 bridgehead atoms. The summed E-state index contributed by atoms with van der Waals surface area (Å²) in [5.41, 5.74) is -4.08. The van der Waals surface area contributed by atoms with Crippen molar-refractivity contribution in [1.29, 1.82) is 0 Å². The number of carboxylic acids is 1. The van der Waals surface area contributed by atoms with Crippen molar-refractivity contribution in [3.63, 3.8) is 0 Å². The fraction of sp³-hybridized carbons (Fsp3) is 0.538. The highest BCUT2D eigenvalue weighted by Gasteiger charge is 2.45. The molecule has 2 aromatic rings. The van der Waals surface area contributed by atoms with E-state index in [1.54, 1.807) is 0 Å². The van der Waals surface area contributed by atoms with Gasteiger partial charge in [-0.3, -0.25) is 19.1 Å². The zero-order valence-corrected chi connectivity index (χ0v) is 22.3. The van der Waals surface area contributed by atoms with Crippen molar-refractivity contribution in [2.24, 2.45) is 5.92 Å². The molecule has 1 aromatic carbocycles. The first kappa shape index (κ1) is 29.3. The molecule has 2 aliphatic carbocycles. The highest BCUT2D eigenvalue weighted by Crippen LogP contribution is 2.40. The quantitative estimate of drug-likeness (QED) is 0.275. The Labute approximate surface area is 232 Å². The number of carbonyl (C=O) groups is 3. The molecule has 1 heterocycles. The molecule has 13 heteroatoms. The van der Waals surface area contributed by atoms with Gasteiger partial charge in [0.2, 0.25) is 0 Å². The van der Waals surface area contributed by atoms with Gasteiger partial charge in [-0.25, -0.2) is 4.39 Å². The SMILES string of the molecule is O=C(CN(CC1(F)CCCC1)C(=O)c1cnn([C@H]2CC[C@H](C(=O)O)CC2)c1C(F)(F)F)c1c(Cl)cccc1Cl. The topological polar surface area (TPSA) is 92.5 Å². The number of nitrogens with zero attached hydrogens (tertiary/aromatic N) is 3. The van der Waals surface area contributed by atoms with E-state index in [0.29, 0.717) is 12.8 Å². The summed E-state index contributed by atoms with van der Waals surface area (Å²) in [7, 11) is 0. The van der Waals surface area contributed by atoms with Crippen LogP contribution in [0.25, 0.3) is 0 Å². The summed E-state index contributed by atoms with van der Waals surface area (Å²) < 4.78 is 59.3. The van der Waals surface area contributed by atoms with Crippen molar-refractivity contribution >= 4 is 40.9 Å². The number of benzene rings is 1. The third-order valence-corrected chi connectivity index (χ3v) is 8.15. The second-order valence-electron chi connectivity index (χ2n) is 10.2. The minimum atomic E-state index is -4.99. The second kappa shape index (κ2) is 11.4. The number of amides is 1. The van der Waals surface area contributed by atoms with E-state index in [-0.39, 0.29) is 54.1 Å². The normalized spacial score (nSPS) is 21.1. The fourth-order valence-electron chi connectivity index (χ4n) is 5.54. The number of halogens is 6. The summed E-state index contributed by atoms with van der Waals surface area (Å²) >= 11 is 12.2. The lowest BCUT2D eigenvalue weighted by molar-refractivity contribution is -0.147. The first-order valence-corrected chi connectivity index (χ1v) is 13.4. The lowest BCUT2D eigenvalue weighted by Gasteiger charge is -2.30. The summed E-state index contributed by atoms with van der Waals surface area (Å²) in [5, 5.41) is 13.1. The minimum Gasteiger partial charge on any atom is -0.481 e. The third kappa shape index (κ3) is 6.40. The summed E-state index contributed by atoms with van der Waals surface area (Å²) in [6.45, 7) is -1.31. The number of Topliss-reactive ketones (excluding diaryl/α,β-unsaturated/α-hetero) is 1. The Balaban J connectivity index is 1.68. The van der Waals surface area contributed by atoms with Gasteiger partial charge in [0.05, 0.1) is 52.4 Å². The molecule has 1 amide bonds. The van der Waals surface area contributed by atoms with Gasteiger partial charge >= 0.3 is 12.1 Å². The van der Waals surface area contributed by atoms with Crippen LogP contribution in [0.2, 0.25) is 10.0 Å². The molecule has 2 fully saturated rings. The largest absolute Gasteiger partial charge is 0.481 e. The predicted octanol–water partition coefficient (Wildman–Crippen LogP) is 6.63. The van der Waals surface area contributed by atoms with Gasteiger partial charge in [-0.2, -0.15) is 18.3 Å². The monoisotopic (exact) mass is 591 g/mol. The number of hydrogen-bond acceptors (Lipinski definition) is 4. The highest BCUT2D eigenvalue weighted by atomic mass is 35.5. The molecule has 0 atom stereocenters. The number of rotatable bonds is 8. The standard InChI is InChI=1S/C26H27Cl2F4N3O4/c27-18-4-3-5-19(28)21(18)20(36)13-34(14-25(29)10-1-2-11-25)23(37)17-12-33-35(22(17)26(30,31)32)16-8-6-15(7-9-16)24(38)39/h3-5,12,15-16H,1-2,6-11,13-14H2,(H,38,39)/t15-,16-. The molecule has 39 heavy (non-hydrogen) atoms. The Kier molecular flexibility index (Phi) is 8.61. The molecule has 1 N–H and O–H groups in total. The molecule has 4 rings (SSSR count). The first-order valence-electron chi connectivity index (χ1n) is 12.6. The summed E-state index contributed by atoms with van der Waals surface area (Å²) in [6, 6.07) is 3.56. The van der Waals surface area contributed by atoms with Gasteiger partial charge in [0.15, 0.2) is 11.5 Å². The molecule has 212 valence electrons. The van der Waals surface area contributed by atoms with E-state index in [0.717, 1.165) is 15.8 Å². The van der Waals surface area contributed by atoms with E-state index in [1.165, 1.54) is 18.2 Å². The Bertz CT molecular complexity index is 1230. The van der Waals surface area contributed by atoms with E-state index in [1.807, 2.05) is 0 Å². The molecule has 0 aliphatic heterocycles. The Morgan fingerprint density at radius 1 is 1.08 bits per heavy atom. The van der Waals surface area contributed by atoms with Gasteiger partial charge in [-0.1, -0.05) is 42.1 Å². The van der Waals surface area contributed by atoms with Crippen LogP contribution in [0.4, 0.5) is 17.6 Å². The lowest BCUT2D eigenvalue weighted by Crippen LogP contribution is -2.45. The van der Waals surface area contributed by atoms with Gasteiger partial charge in [0, 0.05) is 0 Å². The maximum atomic E-state index is 15.5. The van der Waals surface area contributed by atoms with Crippen molar-refractivity contribution in [3.05, 3.63) is 51.3 Å². The predicted molar refractivity (Wildman–Crippen MR) is 135 cm³/mol. The number of aromatic nitrogens is 2. The van der Waals surface area contributed by atoms with Gasteiger partial charge in [0.1, 0.15) is 5.67 Å². The molecular weight excluding hydrogens is 565 g/mol. The number of aliphatic carboxylic acids is 1. The van der Waals surface area contributed by atoms with Crippen LogP contribution in [0.3, 0.4) is 0 Å². The Morgan fingerprint density at radius 2 is 1.67 bits per heavy atom. The number of hydrogen-bond donors (Lipinski definition) is 1. The summed E-state index contributed by atoms with van der Waals surface area (Å²) in [6.07, 6.45) is -2.28. The Hall–Kier alpha value is -2.66. The van der Waals surface area contributed by atoms with Crippen molar-refractivity contribution in [2.45, 2.75) is 69.3 Å². The Morgan fingerprint density at radius 3 is 2.21 bits per heavy atom. The maximum Gasteiger partial charge on any atom is 0.433 e. The number of ketones is 1. The number of carboxylic acid groups (broad SMARTS) is 1. The minimum absolute atomic E-state index is 0.00325. The molecule has 0 spiro atoms. The number of carbonyl (C=O) groups excluding carboxylic acids is 2. The molecule has 7 nitrogen and oxygen atoms in total. The lowest BCUT2D eigenvalue weighted by atomic mass is 9.86. The van der Waals surface area contributed by atoms with Gasteiger partial charge in [-0.05, 0) is 50.7 Å². The smallest absolute Gasteiger partial charge is 0.433 e. The van der Waals surface area contributed by atoms with E-state index in [4.69, 9.17) is 23.2 Å². The van der Waals surface area contributed by atoms with E-state index >= 15 is 4.39 Å². The molecule has 2 saturated carbocycles. The van der Waals surface area contributed by atoms with Crippen LogP contribution in [-0.4, -0.2) is 56.2 Å². The molecule has 0 saturated heterocycles. The molecule has 0 unspecified atom stereocenters. The molecule has 1 aromatic heterocycles. The maximum absolute atomic E-state index is 15.5. The van der Waals surface area contributed by atoms with Crippen LogP contribution in [0.5, 0.6) is 0 Å². The summed E-state index contributed by atoms with van der Waals surface area (Å²) in [5.74, 6) is -3.59. The van der Waals surface area contributed by atoms with E-state index < -0.39 is 65.8 Å². The molecule has 2 aliphatic rings.